The molecule has 5 heteroatoms. The topological polar surface area (TPSA) is 65.0 Å². The van der Waals surface area contributed by atoms with Crippen LogP contribution in [0.15, 0.2) is 12.2 Å². The summed E-state index contributed by atoms with van der Waals surface area (Å²) in [7, 11) is 0. The lowest BCUT2D eigenvalue weighted by Gasteiger charge is -1.94. The molecule has 0 atom stereocenters. The van der Waals surface area contributed by atoms with Crippen LogP contribution >= 0.6 is 0 Å². The second-order valence-corrected chi connectivity index (χ2v) is 1.97. The van der Waals surface area contributed by atoms with Crippen LogP contribution in [0.4, 0.5) is 0 Å². The van der Waals surface area contributed by atoms with E-state index in [0.717, 1.165) is 0 Å². The molecule has 0 spiro atoms. The molecule has 0 aromatic heterocycles. The fraction of sp³-hybridized carbons (Fsp3) is 0.625. The van der Waals surface area contributed by atoms with E-state index in [-0.39, 0.29) is 5.57 Å². The molecule has 78 valence electrons. The normalized spacial score (nSPS) is 8.54. The van der Waals surface area contributed by atoms with Crippen LogP contribution in [0.5, 0.6) is 0 Å². The van der Waals surface area contributed by atoms with E-state index in [2.05, 4.69) is 21.4 Å². The van der Waals surface area contributed by atoms with Gasteiger partial charge in [-0.05, 0) is 20.8 Å². The van der Waals surface area contributed by atoms with Crippen molar-refractivity contribution in [3.63, 3.8) is 0 Å². The standard InChI is InChI=1S/C4H10O3.C4H6O2/c1-3-5-7-6-4-2;1-3(2)4(5)6/h3-4H2,1-2H3;1H2,2H3,(H,5,6). The van der Waals surface area contributed by atoms with Crippen LogP contribution < -0.4 is 0 Å². The first-order valence-electron chi connectivity index (χ1n) is 3.86. The molecule has 0 aromatic rings. The Morgan fingerprint density at radius 3 is 1.77 bits per heavy atom. The number of carboxylic acids is 1. The predicted molar refractivity (Wildman–Crippen MR) is 46.8 cm³/mol. The van der Waals surface area contributed by atoms with Crippen LogP contribution in [0, 0.1) is 0 Å². The Morgan fingerprint density at radius 2 is 1.62 bits per heavy atom. The van der Waals surface area contributed by atoms with Crippen LogP contribution in [-0.4, -0.2) is 24.3 Å². The lowest BCUT2D eigenvalue weighted by atomic mass is 10.4. The summed E-state index contributed by atoms with van der Waals surface area (Å²) in [5.74, 6) is -0.935. The van der Waals surface area contributed by atoms with Gasteiger partial charge in [0.15, 0.2) is 0 Å². The fourth-order valence-electron chi connectivity index (χ4n) is 0.130. The van der Waals surface area contributed by atoms with Crippen LogP contribution in [0.1, 0.15) is 20.8 Å². The third kappa shape index (κ3) is 18.2. The molecule has 1 N–H and O–H groups in total. The van der Waals surface area contributed by atoms with Crippen LogP contribution in [0.25, 0.3) is 0 Å². The lowest BCUT2D eigenvalue weighted by Crippen LogP contribution is -1.94. The summed E-state index contributed by atoms with van der Waals surface area (Å²) < 4.78 is 0. The van der Waals surface area contributed by atoms with Crippen molar-refractivity contribution in [2.75, 3.05) is 13.2 Å². The monoisotopic (exact) mass is 192 g/mol. The molecular weight excluding hydrogens is 176 g/mol. The van der Waals surface area contributed by atoms with Gasteiger partial charge < -0.3 is 5.11 Å². The number of hydrogen-bond donors (Lipinski definition) is 1. The molecule has 0 aliphatic rings. The first kappa shape index (κ1) is 14.6. The van der Waals surface area contributed by atoms with Crippen molar-refractivity contribution in [2.45, 2.75) is 20.8 Å². The maximum atomic E-state index is 9.60. The third-order valence-electron chi connectivity index (χ3n) is 0.697. The molecule has 0 saturated carbocycles. The van der Waals surface area contributed by atoms with Crippen LogP contribution in [0.2, 0.25) is 0 Å². The van der Waals surface area contributed by atoms with Gasteiger partial charge in [-0.2, -0.15) is 0 Å². The van der Waals surface area contributed by atoms with Gasteiger partial charge >= 0.3 is 5.97 Å². The van der Waals surface area contributed by atoms with Gasteiger partial charge in [-0.1, -0.05) is 11.6 Å². The summed E-state index contributed by atoms with van der Waals surface area (Å²) in [5, 5.41) is 12.0. The summed E-state index contributed by atoms with van der Waals surface area (Å²) in [4.78, 5) is 18.3. The molecule has 0 unspecified atom stereocenters. The maximum absolute atomic E-state index is 9.60. The Hall–Kier alpha value is -0.910. The van der Waals surface area contributed by atoms with Crippen LogP contribution in [0.3, 0.4) is 0 Å². The Kier molecular flexibility index (Phi) is 12.5. The number of carboxylic acid groups (broad SMARTS) is 1. The van der Waals surface area contributed by atoms with E-state index in [4.69, 9.17) is 5.11 Å². The predicted octanol–water partition coefficient (Wildman–Crippen LogP) is 1.55. The molecule has 5 nitrogen and oxygen atoms in total. The second-order valence-electron chi connectivity index (χ2n) is 1.97. The average molecular weight is 192 g/mol. The maximum Gasteiger partial charge on any atom is 0.330 e. The highest BCUT2D eigenvalue weighted by Gasteiger charge is 1.90. The molecule has 0 rings (SSSR count). The average Bonchev–Trinajstić information content (AvgIpc) is 2.06. The Bertz CT molecular complexity index is 127. The van der Waals surface area contributed by atoms with Gasteiger partial charge in [-0.3, -0.25) is 0 Å². The minimum Gasteiger partial charge on any atom is -0.478 e. The van der Waals surface area contributed by atoms with Crippen molar-refractivity contribution >= 4 is 5.97 Å². The third-order valence-corrected chi connectivity index (χ3v) is 0.697. The first-order valence-corrected chi connectivity index (χ1v) is 3.86. The Morgan fingerprint density at radius 1 is 1.31 bits per heavy atom. The molecule has 0 aliphatic heterocycles. The molecule has 0 bridgehead atoms. The minimum absolute atomic E-state index is 0.176. The number of carbonyl (C=O) groups is 1. The summed E-state index contributed by atoms with van der Waals surface area (Å²) in [6, 6.07) is 0. The van der Waals surface area contributed by atoms with Crippen molar-refractivity contribution in [3.05, 3.63) is 12.2 Å². The first-order chi connectivity index (χ1) is 6.06. The van der Waals surface area contributed by atoms with E-state index in [1.165, 1.54) is 6.92 Å². The summed E-state index contributed by atoms with van der Waals surface area (Å²) in [6.45, 7) is 9.27. The molecule has 0 aromatic carbocycles. The van der Waals surface area contributed by atoms with E-state index in [9.17, 15) is 4.79 Å². The molecule has 0 heterocycles. The summed E-state index contributed by atoms with van der Waals surface area (Å²) >= 11 is 0. The smallest absolute Gasteiger partial charge is 0.330 e. The number of rotatable bonds is 5. The zero-order chi connectivity index (χ0) is 10.7. The second kappa shape index (κ2) is 11.1. The largest absolute Gasteiger partial charge is 0.478 e. The van der Waals surface area contributed by atoms with Crippen molar-refractivity contribution in [1.29, 1.82) is 0 Å². The highest BCUT2D eigenvalue weighted by molar-refractivity contribution is 5.84. The highest BCUT2D eigenvalue weighted by Crippen LogP contribution is 1.81. The molecule has 0 radical (unpaired) electrons. The molecule has 13 heavy (non-hydrogen) atoms. The number of aliphatic carboxylic acids is 1. The molecule has 0 amide bonds. The molecule has 0 aliphatic carbocycles. The van der Waals surface area contributed by atoms with E-state index in [0.29, 0.717) is 13.2 Å². The fourth-order valence-corrected chi connectivity index (χ4v) is 0.130. The zero-order valence-electron chi connectivity index (χ0n) is 8.20. The molecular formula is C8H16O5. The van der Waals surface area contributed by atoms with Gasteiger partial charge in [0.2, 0.25) is 0 Å². The summed E-state index contributed by atoms with van der Waals surface area (Å²) in [6.07, 6.45) is 0. The van der Waals surface area contributed by atoms with Gasteiger partial charge in [0.25, 0.3) is 0 Å². The van der Waals surface area contributed by atoms with E-state index >= 15 is 0 Å². The van der Waals surface area contributed by atoms with Gasteiger partial charge in [-0.25, -0.2) is 14.6 Å². The highest BCUT2D eigenvalue weighted by atomic mass is 17.5. The SMILES string of the molecule is C=C(C)C(=O)O.CCOOOCC. The van der Waals surface area contributed by atoms with Gasteiger partial charge in [0.05, 0.1) is 13.2 Å². The van der Waals surface area contributed by atoms with Crippen molar-refractivity contribution in [2.24, 2.45) is 0 Å². The van der Waals surface area contributed by atoms with Crippen LogP contribution in [-0.2, 0) is 19.6 Å². The van der Waals surface area contributed by atoms with Gasteiger partial charge in [0.1, 0.15) is 0 Å². The molecule has 0 fully saturated rings. The van der Waals surface area contributed by atoms with E-state index in [1.807, 2.05) is 13.8 Å². The molecule has 0 saturated heterocycles. The van der Waals surface area contributed by atoms with Gasteiger partial charge in [-0.15, -0.1) is 0 Å². The summed E-state index contributed by atoms with van der Waals surface area (Å²) in [5.41, 5.74) is 0.176. The Balaban J connectivity index is 0. The van der Waals surface area contributed by atoms with E-state index < -0.39 is 5.97 Å². The minimum atomic E-state index is -0.935. The number of hydrogen-bond acceptors (Lipinski definition) is 4. The van der Waals surface area contributed by atoms with E-state index in [1.54, 1.807) is 0 Å². The van der Waals surface area contributed by atoms with Crippen molar-refractivity contribution in [1.82, 2.24) is 0 Å². The Labute approximate surface area is 77.8 Å². The van der Waals surface area contributed by atoms with Crippen molar-refractivity contribution < 1.29 is 24.7 Å². The van der Waals surface area contributed by atoms with Crippen molar-refractivity contribution in [3.8, 4) is 0 Å². The van der Waals surface area contributed by atoms with Gasteiger partial charge in [0, 0.05) is 5.57 Å². The zero-order valence-corrected chi connectivity index (χ0v) is 8.20. The lowest BCUT2D eigenvalue weighted by molar-refractivity contribution is -0.509. The quantitative estimate of drug-likeness (QED) is 0.310.